The minimum atomic E-state index is 0.450. The maximum Gasteiger partial charge on any atom is 0.127 e. The third-order valence-corrected chi connectivity index (χ3v) is 2.70. The molecule has 0 aromatic carbocycles. The average molecular weight is 213 g/mol. The fourth-order valence-corrected chi connectivity index (χ4v) is 1.94. The van der Waals surface area contributed by atoms with Crippen molar-refractivity contribution in [2.75, 3.05) is 5.32 Å². The van der Waals surface area contributed by atoms with Crippen molar-refractivity contribution in [1.82, 2.24) is 4.98 Å². The van der Waals surface area contributed by atoms with Gasteiger partial charge in [-0.25, -0.2) is 4.98 Å². The van der Waals surface area contributed by atoms with Crippen molar-refractivity contribution in [1.29, 1.82) is 5.26 Å². The lowest BCUT2D eigenvalue weighted by molar-refractivity contribution is 0.642. The Morgan fingerprint density at radius 1 is 1.44 bits per heavy atom. The van der Waals surface area contributed by atoms with Gasteiger partial charge in [-0.2, -0.15) is 5.26 Å². The molecule has 1 N–H and O–H groups in total. The zero-order valence-electron chi connectivity index (χ0n) is 9.40. The second-order valence-electron chi connectivity index (χ2n) is 4.12. The first-order chi connectivity index (χ1) is 7.78. The van der Waals surface area contributed by atoms with E-state index in [0.29, 0.717) is 11.6 Å². The Morgan fingerprint density at radius 2 is 2.31 bits per heavy atom. The van der Waals surface area contributed by atoms with E-state index in [0.717, 1.165) is 30.8 Å². The summed E-state index contributed by atoms with van der Waals surface area (Å²) >= 11 is 0. The smallest absolute Gasteiger partial charge is 0.127 e. The maximum atomic E-state index is 8.88. The molecule has 0 bridgehead atoms. The van der Waals surface area contributed by atoms with Gasteiger partial charge in [-0.3, -0.25) is 0 Å². The molecule has 82 valence electrons. The van der Waals surface area contributed by atoms with E-state index in [-0.39, 0.29) is 0 Å². The highest BCUT2D eigenvalue weighted by Gasteiger charge is 2.10. The molecule has 0 aliphatic heterocycles. The zero-order chi connectivity index (χ0) is 11.4. The van der Waals surface area contributed by atoms with Gasteiger partial charge in [-0.15, -0.1) is 0 Å². The number of aromatic nitrogens is 1. The van der Waals surface area contributed by atoms with Crippen molar-refractivity contribution < 1.29 is 0 Å². The molecule has 0 radical (unpaired) electrons. The summed E-state index contributed by atoms with van der Waals surface area (Å²) in [6, 6.07) is 6.21. The van der Waals surface area contributed by atoms with Crippen LogP contribution >= 0.6 is 0 Å². The highest BCUT2D eigenvalue weighted by Crippen LogP contribution is 2.17. The number of pyridine rings is 1. The lowest BCUT2D eigenvalue weighted by Gasteiger charge is -2.20. The third kappa shape index (κ3) is 2.60. The molecule has 0 fully saturated rings. The number of hydrogen-bond acceptors (Lipinski definition) is 3. The molecule has 1 aromatic rings. The number of hydrogen-bond donors (Lipinski definition) is 1. The van der Waals surface area contributed by atoms with E-state index < -0.39 is 0 Å². The molecule has 1 unspecified atom stereocenters. The number of nitrogens with one attached hydrogen (secondary N) is 1. The molecule has 0 saturated heterocycles. The first kappa shape index (κ1) is 10.7. The molecule has 0 spiro atoms. The van der Waals surface area contributed by atoms with Crippen molar-refractivity contribution in [2.45, 2.75) is 32.2 Å². The molecule has 1 atom stereocenters. The van der Waals surface area contributed by atoms with Gasteiger partial charge >= 0.3 is 0 Å². The van der Waals surface area contributed by atoms with Crippen LogP contribution in [0.4, 0.5) is 5.82 Å². The Balaban J connectivity index is 2.12. The molecule has 0 amide bonds. The number of nitrogens with zero attached hydrogens (tertiary/aromatic N) is 2. The van der Waals surface area contributed by atoms with Crippen LogP contribution in [-0.4, -0.2) is 11.0 Å². The largest absolute Gasteiger partial charge is 0.367 e. The van der Waals surface area contributed by atoms with E-state index in [1.807, 2.05) is 13.0 Å². The average Bonchev–Trinajstić information content (AvgIpc) is 2.29. The quantitative estimate of drug-likeness (QED) is 0.768. The van der Waals surface area contributed by atoms with Gasteiger partial charge in [0.1, 0.15) is 5.82 Å². The van der Waals surface area contributed by atoms with Crippen LogP contribution in [0.15, 0.2) is 24.3 Å². The number of rotatable bonds is 2. The van der Waals surface area contributed by atoms with Crippen LogP contribution in [0.5, 0.6) is 0 Å². The highest BCUT2D eigenvalue weighted by atomic mass is 15.0. The van der Waals surface area contributed by atoms with Crippen LogP contribution in [0.2, 0.25) is 0 Å². The first-order valence-electron chi connectivity index (χ1n) is 5.58. The molecule has 3 nitrogen and oxygen atoms in total. The summed E-state index contributed by atoms with van der Waals surface area (Å²) in [7, 11) is 0. The molecule has 16 heavy (non-hydrogen) atoms. The van der Waals surface area contributed by atoms with Crippen molar-refractivity contribution in [2.24, 2.45) is 0 Å². The fourth-order valence-electron chi connectivity index (χ4n) is 1.94. The van der Waals surface area contributed by atoms with Crippen molar-refractivity contribution in [3.63, 3.8) is 0 Å². The summed E-state index contributed by atoms with van der Waals surface area (Å²) in [4.78, 5) is 4.39. The van der Waals surface area contributed by atoms with E-state index in [1.54, 1.807) is 6.07 Å². The predicted molar refractivity (Wildman–Crippen MR) is 64.1 cm³/mol. The maximum absolute atomic E-state index is 8.88. The fraction of sp³-hybridized carbons (Fsp3) is 0.385. The van der Waals surface area contributed by atoms with Crippen molar-refractivity contribution >= 4 is 5.82 Å². The summed E-state index contributed by atoms with van der Waals surface area (Å²) in [5.74, 6) is 0.817. The Morgan fingerprint density at radius 3 is 3.00 bits per heavy atom. The minimum Gasteiger partial charge on any atom is -0.367 e. The molecule has 0 saturated carbocycles. The van der Waals surface area contributed by atoms with E-state index in [4.69, 9.17) is 5.26 Å². The zero-order valence-corrected chi connectivity index (χ0v) is 9.40. The molecule has 1 heterocycles. The summed E-state index contributed by atoms with van der Waals surface area (Å²) in [5.41, 5.74) is 1.55. The summed E-state index contributed by atoms with van der Waals surface area (Å²) in [6.45, 7) is 1.91. The lowest BCUT2D eigenvalue weighted by Crippen LogP contribution is -2.21. The van der Waals surface area contributed by atoms with Gasteiger partial charge in [0.05, 0.1) is 11.6 Å². The van der Waals surface area contributed by atoms with Gasteiger partial charge in [0.25, 0.3) is 0 Å². The molecule has 3 heteroatoms. The summed E-state index contributed by atoms with van der Waals surface area (Å²) < 4.78 is 0. The number of anilines is 1. The van der Waals surface area contributed by atoms with Gasteiger partial charge in [-0.1, -0.05) is 12.2 Å². The first-order valence-corrected chi connectivity index (χ1v) is 5.58. The third-order valence-electron chi connectivity index (χ3n) is 2.70. The number of aryl methyl sites for hydroxylation is 1. The Hall–Kier alpha value is -1.82. The van der Waals surface area contributed by atoms with Crippen LogP contribution in [0.25, 0.3) is 0 Å². The number of nitriles is 1. The van der Waals surface area contributed by atoms with Crippen molar-refractivity contribution in [3.8, 4) is 6.07 Å². The second kappa shape index (κ2) is 4.80. The van der Waals surface area contributed by atoms with Gasteiger partial charge in [-0.05, 0) is 38.3 Å². The monoisotopic (exact) mass is 213 g/mol. The van der Waals surface area contributed by atoms with E-state index >= 15 is 0 Å². The highest BCUT2D eigenvalue weighted by molar-refractivity contribution is 5.45. The van der Waals surface area contributed by atoms with E-state index in [1.165, 1.54) is 0 Å². The minimum absolute atomic E-state index is 0.450. The molecule has 1 aliphatic carbocycles. The SMILES string of the molecule is Cc1cc(C#N)cc(NC2CC=CCC2)n1. The van der Waals surface area contributed by atoms with Crippen LogP contribution in [0.3, 0.4) is 0 Å². The van der Waals surface area contributed by atoms with Gasteiger partial charge in [0, 0.05) is 11.7 Å². The molecular formula is C13H15N3. The van der Waals surface area contributed by atoms with Crippen LogP contribution < -0.4 is 5.32 Å². The standard InChI is InChI=1S/C13H15N3/c1-10-7-11(9-14)8-13(15-10)16-12-5-3-2-4-6-12/h2-3,7-8,12H,4-6H2,1H3,(H,15,16). The van der Waals surface area contributed by atoms with Crippen LogP contribution in [0, 0.1) is 18.3 Å². The van der Waals surface area contributed by atoms with Gasteiger partial charge in [0.2, 0.25) is 0 Å². The molecule has 1 aromatic heterocycles. The molecular weight excluding hydrogens is 198 g/mol. The second-order valence-corrected chi connectivity index (χ2v) is 4.12. The Bertz CT molecular complexity index is 443. The predicted octanol–water partition coefficient (Wildman–Crippen LogP) is 2.78. The van der Waals surface area contributed by atoms with Gasteiger partial charge in [0.15, 0.2) is 0 Å². The number of allylic oxidation sites excluding steroid dienone is 1. The summed E-state index contributed by atoms with van der Waals surface area (Å²) in [6.07, 6.45) is 7.70. The lowest BCUT2D eigenvalue weighted by atomic mass is 10.0. The van der Waals surface area contributed by atoms with Gasteiger partial charge < -0.3 is 5.32 Å². The van der Waals surface area contributed by atoms with Crippen LogP contribution in [-0.2, 0) is 0 Å². The Labute approximate surface area is 95.8 Å². The summed E-state index contributed by atoms with van der Waals surface area (Å²) in [5, 5.41) is 12.3. The molecule has 2 rings (SSSR count). The topological polar surface area (TPSA) is 48.7 Å². The van der Waals surface area contributed by atoms with E-state index in [9.17, 15) is 0 Å². The Kier molecular flexibility index (Phi) is 3.21. The van der Waals surface area contributed by atoms with Crippen LogP contribution in [0.1, 0.15) is 30.5 Å². The van der Waals surface area contributed by atoms with E-state index in [2.05, 4.69) is 28.5 Å². The molecule has 1 aliphatic rings. The van der Waals surface area contributed by atoms with Crippen molar-refractivity contribution in [3.05, 3.63) is 35.5 Å². The normalized spacial score (nSPS) is 19.1.